The van der Waals surface area contributed by atoms with E-state index < -0.39 is 0 Å². The average Bonchev–Trinajstić information content (AvgIpc) is 2.81. The molecule has 19 heavy (non-hydrogen) atoms. The first-order chi connectivity index (χ1) is 9.26. The molecule has 0 fully saturated rings. The highest BCUT2D eigenvalue weighted by atomic mass is 19.1. The Bertz CT molecular complexity index is 598. The number of nitriles is 1. The maximum atomic E-state index is 13.6. The van der Waals surface area contributed by atoms with E-state index in [9.17, 15) is 4.39 Å². The van der Waals surface area contributed by atoms with Gasteiger partial charge in [-0.2, -0.15) is 5.26 Å². The standard InChI is InChI=1S/C14H15FN4/c1-2-3-8-14-13(9-16)17-18-19(14)10-11-6-4-5-7-12(11)15/h4-7H,2-3,8,10H2,1H3. The van der Waals surface area contributed by atoms with Crippen LogP contribution in [-0.4, -0.2) is 15.0 Å². The first-order valence-electron chi connectivity index (χ1n) is 6.32. The molecule has 1 heterocycles. The van der Waals surface area contributed by atoms with Crippen molar-refractivity contribution in [2.45, 2.75) is 32.7 Å². The van der Waals surface area contributed by atoms with Crippen molar-refractivity contribution in [2.24, 2.45) is 0 Å². The van der Waals surface area contributed by atoms with Crippen LogP contribution < -0.4 is 0 Å². The Hall–Kier alpha value is -2.22. The number of hydrogen-bond donors (Lipinski definition) is 0. The SMILES string of the molecule is CCCCc1c(C#N)nnn1Cc1ccccc1F. The second-order valence-electron chi connectivity index (χ2n) is 4.35. The fraction of sp³-hybridized carbons (Fsp3) is 0.357. The summed E-state index contributed by atoms with van der Waals surface area (Å²) in [6, 6.07) is 8.61. The summed E-state index contributed by atoms with van der Waals surface area (Å²) in [6.45, 7) is 2.39. The zero-order valence-corrected chi connectivity index (χ0v) is 10.8. The summed E-state index contributed by atoms with van der Waals surface area (Å²) in [5.41, 5.74) is 1.67. The minimum atomic E-state index is -0.266. The van der Waals surface area contributed by atoms with Gasteiger partial charge < -0.3 is 0 Å². The Morgan fingerprint density at radius 2 is 2.16 bits per heavy atom. The van der Waals surface area contributed by atoms with Gasteiger partial charge in [-0.25, -0.2) is 9.07 Å². The molecular weight excluding hydrogens is 243 g/mol. The first-order valence-corrected chi connectivity index (χ1v) is 6.32. The summed E-state index contributed by atoms with van der Waals surface area (Å²) >= 11 is 0. The Morgan fingerprint density at radius 3 is 2.84 bits per heavy atom. The van der Waals surface area contributed by atoms with Gasteiger partial charge in [0, 0.05) is 5.56 Å². The van der Waals surface area contributed by atoms with Crippen molar-refractivity contribution >= 4 is 0 Å². The van der Waals surface area contributed by atoms with Crippen LogP contribution in [0.1, 0.15) is 36.7 Å². The normalized spacial score (nSPS) is 10.4. The summed E-state index contributed by atoms with van der Waals surface area (Å²) in [7, 11) is 0. The molecule has 4 nitrogen and oxygen atoms in total. The molecule has 0 aliphatic heterocycles. The fourth-order valence-electron chi connectivity index (χ4n) is 1.93. The molecule has 0 atom stereocenters. The molecule has 0 unspecified atom stereocenters. The molecule has 0 aliphatic rings. The highest BCUT2D eigenvalue weighted by Gasteiger charge is 2.13. The van der Waals surface area contributed by atoms with Gasteiger partial charge >= 0.3 is 0 Å². The maximum absolute atomic E-state index is 13.6. The molecular formula is C14H15FN4. The van der Waals surface area contributed by atoms with E-state index in [1.807, 2.05) is 6.07 Å². The minimum absolute atomic E-state index is 0.266. The van der Waals surface area contributed by atoms with Gasteiger partial charge in [0.1, 0.15) is 11.9 Å². The molecule has 1 aromatic carbocycles. The molecule has 0 radical (unpaired) electrons. The van der Waals surface area contributed by atoms with Gasteiger partial charge in [-0.1, -0.05) is 36.8 Å². The van der Waals surface area contributed by atoms with Crippen molar-refractivity contribution in [3.63, 3.8) is 0 Å². The van der Waals surface area contributed by atoms with Gasteiger partial charge in [0.2, 0.25) is 0 Å². The molecule has 1 aromatic heterocycles. The van der Waals surface area contributed by atoms with Crippen LogP contribution in [0.4, 0.5) is 4.39 Å². The van der Waals surface area contributed by atoms with E-state index in [2.05, 4.69) is 17.2 Å². The summed E-state index contributed by atoms with van der Waals surface area (Å²) in [5.74, 6) is -0.266. The van der Waals surface area contributed by atoms with Gasteiger partial charge in [-0.15, -0.1) is 5.10 Å². The van der Waals surface area contributed by atoms with Crippen LogP contribution in [-0.2, 0) is 13.0 Å². The molecule has 0 spiro atoms. The number of benzene rings is 1. The van der Waals surface area contributed by atoms with E-state index in [1.165, 1.54) is 6.07 Å². The van der Waals surface area contributed by atoms with E-state index in [-0.39, 0.29) is 5.82 Å². The largest absolute Gasteiger partial charge is 0.243 e. The number of nitrogens with zero attached hydrogens (tertiary/aromatic N) is 4. The van der Waals surface area contributed by atoms with E-state index in [4.69, 9.17) is 5.26 Å². The summed E-state index contributed by atoms with van der Waals surface area (Å²) in [6.07, 6.45) is 2.72. The van der Waals surface area contributed by atoms with Crippen LogP contribution in [0.15, 0.2) is 24.3 Å². The van der Waals surface area contributed by atoms with Crippen LogP contribution in [0.5, 0.6) is 0 Å². The van der Waals surface area contributed by atoms with Crippen molar-refractivity contribution in [1.82, 2.24) is 15.0 Å². The molecule has 98 valence electrons. The van der Waals surface area contributed by atoms with Crippen molar-refractivity contribution in [2.75, 3.05) is 0 Å². The molecule has 0 saturated carbocycles. The van der Waals surface area contributed by atoms with Crippen LogP contribution in [0, 0.1) is 17.1 Å². The summed E-state index contributed by atoms with van der Waals surface area (Å²) in [5, 5.41) is 16.8. The molecule has 0 bridgehead atoms. The molecule has 0 aliphatic carbocycles. The number of unbranched alkanes of at least 4 members (excludes halogenated alkanes) is 1. The van der Waals surface area contributed by atoms with E-state index in [1.54, 1.807) is 22.9 Å². The Labute approximate surface area is 111 Å². The van der Waals surface area contributed by atoms with Gasteiger partial charge in [0.05, 0.1) is 12.2 Å². The third-order valence-electron chi connectivity index (χ3n) is 2.99. The number of rotatable bonds is 5. The van der Waals surface area contributed by atoms with Crippen molar-refractivity contribution in [3.05, 3.63) is 47.0 Å². The van der Waals surface area contributed by atoms with Gasteiger partial charge in [-0.3, -0.25) is 0 Å². The lowest BCUT2D eigenvalue weighted by Crippen LogP contribution is -2.08. The molecule has 0 N–H and O–H groups in total. The Morgan fingerprint density at radius 1 is 1.37 bits per heavy atom. The molecule has 2 aromatic rings. The van der Waals surface area contributed by atoms with Crippen LogP contribution in [0.2, 0.25) is 0 Å². The average molecular weight is 258 g/mol. The lowest BCUT2D eigenvalue weighted by Gasteiger charge is -2.07. The number of aromatic nitrogens is 3. The van der Waals surface area contributed by atoms with E-state index in [0.717, 1.165) is 25.0 Å². The second kappa shape index (κ2) is 6.10. The van der Waals surface area contributed by atoms with E-state index >= 15 is 0 Å². The maximum Gasteiger partial charge on any atom is 0.185 e. The highest BCUT2D eigenvalue weighted by Crippen LogP contribution is 2.13. The topological polar surface area (TPSA) is 54.5 Å². The van der Waals surface area contributed by atoms with Crippen LogP contribution in [0.3, 0.4) is 0 Å². The molecule has 0 saturated heterocycles. The predicted octanol–water partition coefficient (Wildman–Crippen LogP) is 2.68. The van der Waals surface area contributed by atoms with Crippen LogP contribution in [0.25, 0.3) is 0 Å². The summed E-state index contributed by atoms with van der Waals surface area (Å²) in [4.78, 5) is 0. The molecule has 5 heteroatoms. The number of halogens is 1. The Kier molecular flexibility index (Phi) is 4.24. The highest BCUT2D eigenvalue weighted by molar-refractivity contribution is 5.26. The minimum Gasteiger partial charge on any atom is -0.243 e. The molecule has 0 amide bonds. The van der Waals surface area contributed by atoms with Gasteiger partial charge in [0.15, 0.2) is 5.69 Å². The van der Waals surface area contributed by atoms with Crippen molar-refractivity contribution < 1.29 is 4.39 Å². The van der Waals surface area contributed by atoms with Crippen molar-refractivity contribution in [3.8, 4) is 6.07 Å². The summed E-state index contributed by atoms with van der Waals surface area (Å²) < 4.78 is 15.2. The van der Waals surface area contributed by atoms with Gasteiger partial charge in [-0.05, 0) is 18.9 Å². The smallest absolute Gasteiger partial charge is 0.185 e. The second-order valence-corrected chi connectivity index (χ2v) is 4.35. The van der Waals surface area contributed by atoms with E-state index in [0.29, 0.717) is 17.8 Å². The Balaban J connectivity index is 2.28. The fourth-order valence-corrected chi connectivity index (χ4v) is 1.93. The first kappa shape index (κ1) is 13.2. The lowest BCUT2D eigenvalue weighted by atomic mass is 10.1. The van der Waals surface area contributed by atoms with Crippen molar-refractivity contribution in [1.29, 1.82) is 5.26 Å². The lowest BCUT2D eigenvalue weighted by molar-refractivity contribution is 0.561. The van der Waals surface area contributed by atoms with Gasteiger partial charge in [0.25, 0.3) is 0 Å². The zero-order valence-electron chi connectivity index (χ0n) is 10.8. The van der Waals surface area contributed by atoms with Crippen LogP contribution >= 0.6 is 0 Å². The molecule has 2 rings (SSSR count). The predicted molar refractivity (Wildman–Crippen MR) is 68.9 cm³/mol. The quantitative estimate of drug-likeness (QED) is 0.828. The number of hydrogen-bond acceptors (Lipinski definition) is 3. The third kappa shape index (κ3) is 2.97. The zero-order chi connectivity index (χ0) is 13.7. The third-order valence-corrected chi connectivity index (χ3v) is 2.99. The monoisotopic (exact) mass is 258 g/mol.